The van der Waals surface area contributed by atoms with Crippen molar-refractivity contribution >= 4 is 28.9 Å². The van der Waals surface area contributed by atoms with E-state index in [9.17, 15) is 14.3 Å². The molecular weight excluding hydrogens is 479 g/mol. The van der Waals surface area contributed by atoms with E-state index < -0.39 is 24.3 Å². The summed E-state index contributed by atoms with van der Waals surface area (Å²) in [6, 6.07) is 9.73. The van der Waals surface area contributed by atoms with E-state index in [4.69, 9.17) is 8.85 Å². The van der Waals surface area contributed by atoms with E-state index in [2.05, 4.69) is 35.8 Å². The Morgan fingerprint density at radius 1 is 1.03 bits per heavy atom. The molecule has 12 heteroatoms. The number of amides is 1. The molecule has 0 radical (unpaired) electrons. The zero-order valence-electron chi connectivity index (χ0n) is 23.1. The predicted molar refractivity (Wildman–Crippen MR) is 135 cm³/mol. The van der Waals surface area contributed by atoms with Crippen LogP contribution in [0.5, 0.6) is 5.75 Å². The van der Waals surface area contributed by atoms with Crippen molar-refractivity contribution < 1.29 is 23.1 Å². The molecule has 1 amide bonds. The van der Waals surface area contributed by atoms with Crippen molar-refractivity contribution in [2.24, 2.45) is 0 Å². The minimum atomic E-state index is -2.77. The van der Waals surface area contributed by atoms with Gasteiger partial charge in [0.05, 0.1) is 42.0 Å². The molecule has 0 aliphatic heterocycles. The van der Waals surface area contributed by atoms with Crippen LogP contribution in [0.2, 0.25) is 0 Å². The van der Waals surface area contributed by atoms with Crippen LogP contribution >= 0.6 is 0 Å². The Labute approximate surface area is 216 Å². The Balaban J connectivity index is 1.72. The number of hydrogen-bond acceptors (Lipinski definition) is 10. The Morgan fingerprint density at radius 3 is 2.46 bits per heavy atom. The van der Waals surface area contributed by atoms with E-state index in [0.29, 0.717) is 22.6 Å². The quantitative estimate of drug-likeness (QED) is 0.279. The van der Waals surface area contributed by atoms with Gasteiger partial charge in [-0.3, -0.25) is 4.79 Å². The fourth-order valence-electron chi connectivity index (χ4n) is 3.36. The fourth-order valence-corrected chi connectivity index (χ4v) is 3.36. The molecule has 3 heterocycles. The van der Waals surface area contributed by atoms with E-state index in [0.717, 1.165) is 12.4 Å². The monoisotopic (exact) mass is 507 g/mol. The van der Waals surface area contributed by atoms with Crippen LogP contribution in [0.4, 0.5) is 27.4 Å². The summed E-state index contributed by atoms with van der Waals surface area (Å²) in [5.74, 6) is -0.584. The third kappa shape index (κ3) is 5.76. The zero-order valence-corrected chi connectivity index (χ0v) is 20.1. The second kappa shape index (κ2) is 10.5. The molecule has 190 valence electrons. The molecule has 11 nitrogen and oxygen atoms in total. The third-order valence-corrected chi connectivity index (χ3v) is 5.20. The molecule has 3 aromatic heterocycles. The summed E-state index contributed by atoms with van der Waals surface area (Å²) in [5.41, 5.74) is 0.0766. The van der Waals surface area contributed by atoms with Gasteiger partial charge in [0.25, 0.3) is 5.91 Å². The fraction of sp³-hybridized carbons (Fsp3) is 0.200. The van der Waals surface area contributed by atoms with Gasteiger partial charge in [0.15, 0.2) is 28.9 Å². The van der Waals surface area contributed by atoms with Gasteiger partial charge in [0.1, 0.15) is 5.82 Å². The number of benzene rings is 1. The molecular formula is C25H25FN8O3. The lowest BCUT2D eigenvalue weighted by Gasteiger charge is -2.18. The van der Waals surface area contributed by atoms with Crippen molar-refractivity contribution in [3.63, 3.8) is 0 Å². The van der Waals surface area contributed by atoms with Gasteiger partial charge < -0.3 is 25.8 Å². The lowest BCUT2D eigenvalue weighted by atomic mass is 10.0. The van der Waals surface area contributed by atoms with Crippen LogP contribution in [0, 0.1) is 5.82 Å². The molecule has 4 rings (SSSR count). The third-order valence-electron chi connectivity index (χ3n) is 5.20. The number of nitrogens with zero attached hydrogens (tertiary/aromatic N) is 5. The van der Waals surface area contributed by atoms with Crippen molar-refractivity contribution in [3.8, 4) is 17.1 Å². The molecule has 0 saturated carbocycles. The first-order valence-electron chi connectivity index (χ1n) is 12.4. The highest BCUT2D eigenvalue weighted by atomic mass is 19.1. The topological polar surface area (TPSA) is 147 Å². The number of carbonyl (C=O) groups is 1. The lowest BCUT2D eigenvalue weighted by Crippen LogP contribution is -2.21. The van der Waals surface area contributed by atoms with Gasteiger partial charge in [-0.2, -0.15) is 0 Å². The molecule has 0 fully saturated rings. The summed E-state index contributed by atoms with van der Waals surface area (Å²) in [7, 11) is 1.41. The lowest BCUT2D eigenvalue weighted by molar-refractivity contribution is 0.0782. The second-order valence-electron chi connectivity index (χ2n) is 8.30. The Kier molecular flexibility index (Phi) is 6.12. The number of aromatic nitrogens is 5. The van der Waals surface area contributed by atoms with Crippen LogP contribution in [-0.4, -0.2) is 50.2 Å². The maximum absolute atomic E-state index is 13.4. The van der Waals surface area contributed by atoms with Crippen molar-refractivity contribution in [1.82, 2.24) is 30.5 Å². The first-order valence-corrected chi connectivity index (χ1v) is 10.9. The van der Waals surface area contributed by atoms with Gasteiger partial charge in [-0.1, -0.05) is 12.1 Å². The largest absolute Gasteiger partial charge is 0.494 e. The predicted octanol–water partition coefficient (Wildman–Crippen LogP) is 3.55. The maximum Gasteiger partial charge on any atom is 0.273 e. The van der Waals surface area contributed by atoms with Crippen molar-refractivity contribution in [2.45, 2.75) is 19.4 Å². The van der Waals surface area contributed by atoms with Gasteiger partial charge in [-0.05, 0) is 32.0 Å². The number of ether oxygens (including phenoxy) is 1. The van der Waals surface area contributed by atoms with Crippen LogP contribution in [0.15, 0.2) is 55.0 Å². The van der Waals surface area contributed by atoms with Crippen molar-refractivity contribution in [2.75, 3.05) is 24.7 Å². The van der Waals surface area contributed by atoms with E-state index in [1.165, 1.54) is 19.4 Å². The molecule has 0 spiro atoms. The number of aliphatic hydroxyl groups is 1. The van der Waals surface area contributed by atoms with Gasteiger partial charge in [0, 0.05) is 28.9 Å². The summed E-state index contributed by atoms with van der Waals surface area (Å²) < 4.78 is 41.1. The summed E-state index contributed by atoms with van der Waals surface area (Å²) >= 11 is 0. The van der Waals surface area contributed by atoms with Crippen LogP contribution in [-0.2, 0) is 5.60 Å². The van der Waals surface area contributed by atoms with Gasteiger partial charge in [-0.15, -0.1) is 10.2 Å². The average molecular weight is 508 g/mol. The van der Waals surface area contributed by atoms with Crippen LogP contribution in [0.1, 0.15) is 34.0 Å². The molecule has 0 atom stereocenters. The van der Waals surface area contributed by atoms with Crippen LogP contribution in [0.25, 0.3) is 11.4 Å². The molecule has 0 aliphatic carbocycles. The number of nitrogens with one attached hydrogen (secondary N) is 3. The summed E-state index contributed by atoms with van der Waals surface area (Å²) in [5, 5.41) is 26.0. The van der Waals surface area contributed by atoms with Crippen molar-refractivity contribution in [1.29, 1.82) is 0 Å². The SMILES string of the molecule is [2H]C([2H])([2H])NC(=O)c1nnc(Nc2ccc(C(C)(C)O)cn2)cc1Nc1cccc(-c2ncc(F)cn2)c1OC. The van der Waals surface area contributed by atoms with Gasteiger partial charge >= 0.3 is 0 Å². The van der Waals surface area contributed by atoms with E-state index in [1.807, 2.05) is 5.32 Å². The van der Waals surface area contributed by atoms with Crippen LogP contribution < -0.4 is 20.7 Å². The molecule has 0 aliphatic rings. The van der Waals surface area contributed by atoms with Gasteiger partial charge in [-0.25, -0.2) is 19.3 Å². The molecule has 0 bridgehead atoms. The standard InChI is InChI=1S/C25H25FN8O3/c1-25(2,36)14-8-9-19(28-11-14)32-20-10-18(21(34-33-20)24(35)27-3)31-17-7-5-6-16(22(17)37-4)23-29-12-15(26)13-30-23/h5-13,36H,1-4H3,(H,27,35)(H2,28,31,32,33)/i3D3. The number of halogens is 1. The number of methoxy groups -OCH3 is 1. The number of para-hydroxylation sites is 1. The Morgan fingerprint density at radius 2 is 1.81 bits per heavy atom. The number of hydrogen-bond donors (Lipinski definition) is 4. The van der Waals surface area contributed by atoms with Crippen molar-refractivity contribution in [3.05, 3.63) is 72.1 Å². The van der Waals surface area contributed by atoms with E-state index >= 15 is 0 Å². The molecule has 4 N–H and O–H groups in total. The molecule has 0 unspecified atom stereocenters. The normalized spacial score (nSPS) is 12.6. The summed E-state index contributed by atoms with van der Waals surface area (Å²) in [4.78, 5) is 25.1. The first kappa shape index (κ1) is 21.6. The Hall–Kier alpha value is -4.71. The van der Waals surface area contributed by atoms with Crippen LogP contribution in [0.3, 0.4) is 0 Å². The summed E-state index contributed by atoms with van der Waals surface area (Å²) in [6.45, 7) is 0.501. The number of rotatable bonds is 8. The second-order valence-corrected chi connectivity index (χ2v) is 8.30. The zero-order chi connectivity index (χ0) is 29.1. The first-order chi connectivity index (χ1) is 18.8. The maximum atomic E-state index is 13.4. The minimum Gasteiger partial charge on any atom is -0.494 e. The number of anilines is 4. The van der Waals surface area contributed by atoms with Gasteiger partial charge in [0.2, 0.25) is 0 Å². The molecule has 4 aromatic rings. The number of pyridine rings is 1. The van der Waals surface area contributed by atoms with E-state index in [-0.39, 0.29) is 28.8 Å². The average Bonchev–Trinajstić information content (AvgIpc) is 2.88. The Bertz CT molecular complexity index is 1510. The highest BCUT2D eigenvalue weighted by molar-refractivity contribution is 5.99. The van der Waals surface area contributed by atoms with E-state index in [1.54, 1.807) is 44.2 Å². The highest BCUT2D eigenvalue weighted by Crippen LogP contribution is 2.37. The molecule has 1 aromatic carbocycles. The minimum absolute atomic E-state index is 0.0860. The molecule has 0 saturated heterocycles. The smallest absolute Gasteiger partial charge is 0.273 e. The highest BCUT2D eigenvalue weighted by Gasteiger charge is 2.19. The number of carbonyl (C=O) groups excluding carboxylic acids is 1. The molecule has 37 heavy (non-hydrogen) atoms. The summed E-state index contributed by atoms with van der Waals surface area (Å²) in [6.07, 6.45) is 3.54.